The molecule has 0 aliphatic carbocycles. The number of para-hydroxylation sites is 2. The van der Waals surface area contributed by atoms with Gasteiger partial charge in [0.2, 0.25) is 35.4 Å². The summed E-state index contributed by atoms with van der Waals surface area (Å²) in [4.78, 5) is 91.9. The molecule has 6 amide bonds. The minimum Gasteiger partial charge on any atom is -0.361 e. The number of carbonyl (C=O) groups excluding carboxylic acids is 6. The van der Waals surface area contributed by atoms with Crippen LogP contribution in [0.15, 0.2) is 60.9 Å². The molecule has 0 radical (unpaired) electrons. The van der Waals surface area contributed by atoms with Gasteiger partial charge in [-0.1, -0.05) is 77.9 Å². The maximum absolute atomic E-state index is 14.5. The normalized spacial score (nSPS) is 26.1. The van der Waals surface area contributed by atoms with Gasteiger partial charge in [-0.15, -0.1) is 24.1 Å². The third kappa shape index (κ3) is 11.0. The zero-order valence-electron chi connectivity index (χ0n) is 36.1. The number of carbonyl (C=O) groups is 6. The highest BCUT2D eigenvalue weighted by Gasteiger charge is 2.40. The SMILES string of the molecule is C#CC[C@H]1NC(=O)[C@@H]2CSC(N2)[C@H](C(C)C)NC(=O)[C@@H](Cc2c[nH]c3ccccc23)NC(=O)[C@H](C(C)C)NC(=O)[C@@H](CC(C)C)NC(=O)[C@H](Cc2c[nH]c3ccccc23)NC1=O. The van der Waals surface area contributed by atoms with Gasteiger partial charge in [0.1, 0.15) is 30.2 Å². The van der Waals surface area contributed by atoms with E-state index >= 15 is 0 Å². The fraction of sp³-hybridized carbons (Fsp3) is 0.478. The topological polar surface area (TPSA) is 218 Å². The van der Waals surface area contributed by atoms with Crippen LogP contribution in [0.1, 0.15) is 65.5 Å². The molecule has 2 aromatic heterocycles. The Kier molecular flexibility index (Phi) is 15.0. The first-order valence-electron chi connectivity index (χ1n) is 21.4. The zero-order valence-corrected chi connectivity index (χ0v) is 36.9. The number of hydrogen-bond donors (Lipinski definition) is 9. The molecular weight excluding hydrogens is 807 g/mol. The maximum atomic E-state index is 14.5. The van der Waals surface area contributed by atoms with Gasteiger partial charge in [0.25, 0.3) is 0 Å². The summed E-state index contributed by atoms with van der Waals surface area (Å²) in [5, 5.41) is 22.2. The number of aromatic nitrogens is 2. The predicted octanol–water partition coefficient (Wildman–Crippen LogP) is 2.77. The molecule has 9 N–H and O–H groups in total. The first-order chi connectivity index (χ1) is 29.6. The third-order valence-electron chi connectivity index (χ3n) is 11.5. The van der Waals surface area contributed by atoms with Crippen LogP contribution >= 0.6 is 11.8 Å². The Bertz CT molecular complexity index is 2310. The van der Waals surface area contributed by atoms with Gasteiger partial charge in [-0.25, -0.2) is 0 Å². The Morgan fingerprint density at radius 2 is 1.11 bits per heavy atom. The second-order valence-electron chi connectivity index (χ2n) is 17.4. The summed E-state index contributed by atoms with van der Waals surface area (Å²) in [6.07, 6.45) is 9.55. The molecular formula is C46H59N9O6S. The summed E-state index contributed by atoms with van der Waals surface area (Å²) >= 11 is 1.46. The van der Waals surface area contributed by atoms with Crippen molar-refractivity contribution in [2.75, 3.05) is 5.75 Å². The average Bonchev–Trinajstić information content (AvgIpc) is 3.99. The number of benzene rings is 2. The molecule has 0 spiro atoms. The number of thioether (sulfide) groups is 1. The van der Waals surface area contributed by atoms with Gasteiger partial charge in [-0.2, -0.15) is 0 Å². The van der Waals surface area contributed by atoms with Crippen LogP contribution < -0.4 is 37.2 Å². The molecule has 2 fully saturated rings. The Labute approximate surface area is 366 Å². The van der Waals surface area contributed by atoms with Crippen LogP contribution in [0.25, 0.3) is 21.8 Å². The van der Waals surface area contributed by atoms with Crippen LogP contribution in [0.2, 0.25) is 0 Å². The standard InChI is InChI=1S/C46H59N9O6S/c1-8-13-33-40(56)51-35(19-27-21-47-31-16-11-9-14-29(27)31)41(57)50-34(18-24(2)3)42(58)54-38(25(4)5)45(61)52-36(20-28-22-48-32-17-12-10-15-30(28)32)43(59)55-39(26(6)7)46-53-37(23-62-46)44(60)49-33/h1,9-12,14-17,21-22,24-26,33-39,46-48,53H,13,18-20,23H2,2-7H3,(H,49,60)(H,50,57)(H,51,56)(H,52,61)(H,54,58)(H,55,59)/t33-,34-,35+,36-,37+,38+,39+,46?/m1/s1. The largest absolute Gasteiger partial charge is 0.361 e. The van der Waals surface area contributed by atoms with Crippen molar-refractivity contribution in [3.63, 3.8) is 0 Å². The molecule has 2 saturated heterocycles. The van der Waals surface area contributed by atoms with Crippen molar-refractivity contribution in [2.45, 2.75) is 115 Å². The Morgan fingerprint density at radius 1 is 0.613 bits per heavy atom. The van der Waals surface area contributed by atoms with E-state index in [1.165, 1.54) is 11.8 Å². The van der Waals surface area contributed by atoms with Crippen molar-refractivity contribution >= 4 is 69.0 Å². The van der Waals surface area contributed by atoms with E-state index in [4.69, 9.17) is 6.42 Å². The molecule has 4 heterocycles. The number of terminal acetylenes is 1. The molecule has 4 aromatic rings. The number of nitrogens with one attached hydrogen (secondary N) is 9. The fourth-order valence-corrected chi connectivity index (χ4v) is 9.56. The van der Waals surface area contributed by atoms with Crippen LogP contribution in [0.3, 0.4) is 0 Å². The van der Waals surface area contributed by atoms with Gasteiger partial charge in [0, 0.05) is 59.2 Å². The number of aromatic amines is 2. The molecule has 16 heteroatoms. The lowest BCUT2D eigenvalue weighted by atomic mass is 9.97. The van der Waals surface area contributed by atoms with Gasteiger partial charge in [0.15, 0.2) is 0 Å². The maximum Gasteiger partial charge on any atom is 0.244 e. The minimum absolute atomic E-state index is 0.0449. The van der Waals surface area contributed by atoms with Gasteiger partial charge < -0.3 is 41.9 Å². The van der Waals surface area contributed by atoms with Crippen molar-refractivity contribution in [2.24, 2.45) is 17.8 Å². The fourth-order valence-electron chi connectivity index (χ4n) is 8.07. The summed E-state index contributed by atoms with van der Waals surface area (Å²) in [5.41, 5.74) is 3.27. The van der Waals surface area contributed by atoms with Gasteiger partial charge in [0.05, 0.1) is 17.5 Å². The first kappa shape index (κ1) is 45.7. The first-order valence-corrected chi connectivity index (χ1v) is 22.4. The van der Waals surface area contributed by atoms with Crippen molar-refractivity contribution in [1.29, 1.82) is 0 Å². The Hall–Kier alpha value is -5.79. The van der Waals surface area contributed by atoms with E-state index in [1.54, 1.807) is 20.0 Å². The molecule has 15 nitrogen and oxygen atoms in total. The van der Waals surface area contributed by atoms with Crippen LogP contribution in [0.4, 0.5) is 0 Å². The highest BCUT2D eigenvalue weighted by Crippen LogP contribution is 2.27. The molecule has 2 aromatic carbocycles. The quantitative estimate of drug-likeness (QED) is 0.114. The Morgan fingerprint density at radius 3 is 1.66 bits per heavy atom. The van der Waals surface area contributed by atoms with Crippen molar-refractivity contribution < 1.29 is 28.8 Å². The minimum atomic E-state index is -1.20. The molecule has 2 aliphatic rings. The van der Waals surface area contributed by atoms with Gasteiger partial charge in [-0.05, 0) is 47.4 Å². The molecule has 2 bridgehead atoms. The zero-order chi connectivity index (χ0) is 44.7. The summed E-state index contributed by atoms with van der Waals surface area (Å²) in [5.74, 6) is -1.14. The van der Waals surface area contributed by atoms with Crippen molar-refractivity contribution in [1.82, 2.24) is 47.2 Å². The number of amides is 6. The van der Waals surface area contributed by atoms with E-state index in [0.717, 1.165) is 32.9 Å². The molecule has 1 unspecified atom stereocenters. The van der Waals surface area contributed by atoms with Gasteiger partial charge in [-0.3, -0.25) is 34.1 Å². The van der Waals surface area contributed by atoms with E-state index in [1.807, 2.05) is 82.4 Å². The summed E-state index contributed by atoms with van der Waals surface area (Å²) in [6, 6.07) is 8.39. The van der Waals surface area contributed by atoms with E-state index in [0.29, 0.717) is 5.75 Å². The monoisotopic (exact) mass is 865 g/mol. The van der Waals surface area contributed by atoms with Gasteiger partial charge >= 0.3 is 0 Å². The predicted molar refractivity (Wildman–Crippen MR) is 241 cm³/mol. The highest BCUT2D eigenvalue weighted by molar-refractivity contribution is 8.00. The van der Waals surface area contributed by atoms with Crippen LogP contribution in [-0.2, 0) is 41.6 Å². The molecule has 62 heavy (non-hydrogen) atoms. The molecule has 6 rings (SSSR count). The Balaban J connectivity index is 1.37. The van der Waals surface area contributed by atoms with Crippen molar-refractivity contribution in [3.05, 3.63) is 72.1 Å². The molecule has 0 saturated carbocycles. The summed E-state index contributed by atoms with van der Waals surface area (Å²) in [7, 11) is 0. The van der Waals surface area contributed by atoms with E-state index < -0.39 is 89.0 Å². The number of H-pyrrole nitrogens is 2. The lowest BCUT2D eigenvalue weighted by molar-refractivity contribution is -0.136. The number of rotatable bonds is 9. The second kappa shape index (κ2) is 20.4. The molecule has 330 valence electrons. The van der Waals surface area contributed by atoms with Crippen molar-refractivity contribution in [3.8, 4) is 12.3 Å². The average molecular weight is 866 g/mol. The third-order valence-corrected chi connectivity index (χ3v) is 12.8. The molecule has 2 aliphatic heterocycles. The highest BCUT2D eigenvalue weighted by atomic mass is 32.2. The van der Waals surface area contributed by atoms with Crippen LogP contribution in [0.5, 0.6) is 0 Å². The lowest BCUT2D eigenvalue weighted by Crippen LogP contribution is -2.61. The van der Waals surface area contributed by atoms with E-state index in [2.05, 4.69) is 53.1 Å². The second-order valence-corrected chi connectivity index (χ2v) is 18.6. The smallest absolute Gasteiger partial charge is 0.244 e. The summed E-state index contributed by atoms with van der Waals surface area (Å²) in [6.45, 7) is 11.3. The number of fused-ring (bicyclic) bond motifs is 4. The van der Waals surface area contributed by atoms with E-state index in [-0.39, 0.29) is 37.5 Å². The van der Waals surface area contributed by atoms with Crippen LogP contribution in [-0.4, -0.2) is 98.8 Å². The van der Waals surface area contributed by atoms with Crippen LogP contribution in [0, 0.1) is 30.1 Å². The lowest BCUT2D eigenvalue weighted by Gasteiger charge is -2.31. The molecule has 8 atom stereocenters. The van der Waals surface area contributed by atoms with E-state index in [9.17, 15) is 28.8 Å². The number of hydrogen-bond acceptors (Lipinski definition) is 8. The summed E-state index contributed by atoms with van der Waals surface area (Å²) < 4.78 is 0.